The van der Waals surface area contributed by atoms with Gasteiger partial charge in [0.1, 0.15) is 0 Å². The number of benzene rings is 1. The number of hydrogen-bond acceptors (Lipinski definition) is 5. The predicted molar refractivity (Wildman–Crippen MR) is 97.1 cm³/mol. The second-order valence-corrected chi connectivity index (χ2v) is 6.66. The fraction of sp³-hybridized carbons (Fsp3) is 0.368. The van der Waals surface area contributed by atoms with E-state index in [0.717, 1.165) is 53.4 Å². The van der Waals surface area contributed by atoms with Gasteiger partial charge in [-0.05, 0) is 49.4 Å². The van der Waals surface area contributed by atoms with Gasteiger partial charge in [0, 0.05) is 34.9 Å². The molecule has 6 nitrogen and oxygen atoms in total. The van der Waals surface area contributed by atoms with Gasteiger partial charge in [0.25, 0.3) is 0 Å². The van der Waals surface area contributed by atoms with E-state index >= 15 is 0 Å². The third kappa shape index (κ3) is 3.36. The zero-order valence-electron chi connectivity index (χ0n) is 13.9. The van der Waals surface area contributed by atoms with Crippen LogP contribution in [0.15, 0.2) is 36.7 Å². The van der Waals surface area contributed by atoms with E-state index in [-0.39, 0.29) is 12.7 Å². The molecule has 4 rings (SSSR count). The van der Waals surface area contributed by atoms with Crippen molar-refractivity contribution in [2.45, 2.75) is 44.4 Å². The van der Waals surface area contributed by atoms with Crippen molar-refractivity contribution in [3.63, 3.8) is 0 Å². The van der Waals surface area contributed by atoms with E-state index in [0.29, 0.717) is 12.0 Å². The van der Waals surface area contributed by atoms with Crippen LogP contribution in [0.3, 0.4) is 0 Å². The largest absolute Gasteiger partial charge is 0.393 e. The Kier molecular flexibility index (Phi) is 4.38. The molecule has 2 aromatic heterocycles. The summed E-state index contributed by atoms with van der Waals surface area (Å²) in [5.41, 5.74) is 3.73. The highest BCUT2D eigenvalue weighted by Crippen LogP contribution is 2.29. The van der Waals surface area contributed by atoms with Gasteiger partial charge in [-0.25, -0.2) is 9.97 Å². The lowest BCUT2D eigenvalue weighted by Gasteiger charge is -2.26. The van der Waals surface area contributed by atoms with E-state index in [2.05, 4.69) is 20.3 Å². The summed E-state index contributed by atoms with van der Waals surface area (Å²) < 4.78 is 0. The van der Waals surface area contributed by atoms with Gasteiger partial charge >= 0.3 is 0 Å². The molecule has 25 heavy (non-hydrogen) atoms. The van der Waals surface area contributed by atoms with Crippen LogP contribution in [0.25, 0.3) is 22.2 Å². The molecule has 1 aromatic carbocycles. The summed E-state index contributed by atoms with van der Waals surface area (Å²) >= 11 is 0. The highest BCUT2D eigenvalue weighted by atomic mass is 16.3. The number of H-pyrrole nitrogens is 1. The van der Waals surface area contributed by atoms with Crippen LogP contribution in [0.1, 0.15) is 31.2 Å². The van der Waals surface area contributed by atoms with Crippen molar-refractivity contribution in [1.29, 1.82) is 0 Å². The predicted octanol–water partition coefficient (Wildman–Crippen LogP) is 2.83. The Labute approximate surface area is 146 Å². The average Bonchev–Trinajstić information content (AvgIpc) is 3.07. The number of aromatic nitrogens is 3. The van der Waals surface area contributed by atoms with Gasteiger partial charge in [0.2, 0.25) is 5.95 Å². The fourth-order valence-corrected chi connectivity index (χ4v) is 3.46. The molecular weight excluding hydrogens is 316 g/mol. The van der Waals surface area contributed by atoms with Crippen molar-refractivity contribution in [1.82, 2.24) is 15.0 Å². The Balaban J connectivity index is 1.61. The molecule has 1 fully saturated rings. The van der Waals surface area contributed by atoms with Crippen LogP contribution in [0.4, 0.5) is 5.95 Å². The maximum absolute atomic E-state index is 9.63. The van der Waals surface area contributed by atoms with Crippen molar-refractivity contribution in [3.05, 3.63) is 42.2 Å². The minimum Gasteiger partial charge on any atom is -0.393 e. The second kappa shape index (κ2) is 6.82. The van der Waals surface area contributed by atoms with E-state index in [1.54, 1.807) is 6.20 Å². The van der Waals surface area contributed by atoms with Crippen molar-refractivity contribution in [2.75, 3.05) is 5.32 Å². The molecule has 0 spiro atoms. The summed E-state index contributed by atoms with van der Waals surface area (Å²) in [5.74, 6) is 0.617. The van der Waals surface area contributed by atoms with E-state index in [1.165, 1.54) is 0 Å². The molecule has 0 atom stereocenters. The first-order valence-electron chi connectivity index (χ1n) is 8.72. The number of aromatic amines is 1. The lowest BCUT2D eigenvalue weighted by molar-refractivity contribution is 0.126. The van der Waals surface area contributed by atoms with Gasteiger partial charge in [0.15, 0.2) is 0 Å². The molecule has 130 valence electrons. The zero-order chi connectivity index (χ0) is 17.2. The number of anilines is 1. The molecule has 1 aliphatic rings. The van der Waals surface area contributed by atoms with Gasteiger partial charge in [-0.15, -0.1) is 0 Å². The van der Waals surface area contributed by atoms with Crippen molar-refractivity contribution in [3.8, 4) is 11.3 Å². The number of nitrogens with one attached hydrogen (secondary N) is 2. The van der Waals surface area contributed by atoms with Crippen LogP contribution in [-0.4, -0.2) is 37.3 Å². The third-order valence-electron chi connectivity index (χ3n) is 4.89. The second-order valence-electron chi connectivity index (χ2n) is 6.66. The summed E-state index contributed by atoms with van der Waals surface area (Å²) in [5, 5.41) is 23.4. The molecule has 0 amide bonds. The van der Waals surface area contributed by atoms with Gasteiger partial charge in [-0.3, -0.25) is 0 Å². The Morgan fingerprint density at radius 3 is 2.80 bits per heavy atom. The van der Waals surface area contributed by atoms with Crippen molar-refractivity contribution < 1.29 is 10.2 Å². The molecule has 0 bridgehead atoms. The normalized spacial score (nSPS) is 20.7. The van der Waals surface area contributed by atoms with Crippen molar-refractivity contribution in [2.24, 2.45) is 0 Å². The van der Waals surface area contributed by atoms with Crippen LogP contribution >= 0.6 is 0 Å². The van der Waals surface area contributed by atoms with E-state index in [4.69, 9.17) is 0 Å². The molecule has 1 aliphatic carbocycles. The maximum Gasteiger partial charge on any atom is 0.223 e. The monoisotopic (exact) mass is 338 g/mol. The molecule has 0 radical (unpaired) electrons. The topological polar surface area (TPSA) is 94.1 Å². The standard InChI is InChI=1S/C19H22N4O2/c24-11-12-1-6-17-15(9-12)16(10-21-17)18-7-8-20-19(23-18)22-13-2-4-14(25)5-3-13/h1,6-10,13-14,21,24-25H,2-5,11H2,(H,20,22,23). The summed E-state index contributed by atoms with van der Waals surface area (Å²) in [6.45, 7) is 0.0185. The van der Waals surface area contributed by atoms with E-state index in [1.807, 2.05) is 30.5 Å². The summed E-state index contributed by atoms with van der Waals surface area (Å²) in [6.07, 6.45) is 7.04. The van der Waals surface area contributed by atoms with Gasteiger partial charge < -0.3 is 20.5 Å². The number of aliphatic hydroxyl groups is 2. The first kappa shape index (κ1) is 16.1. The van der Waals surface area contributed by atoms with Gasteiger partial charge in [-0.1, -0.05) is 6.07 Å². The summed E-state index contributed by atoms with van der Waals surface area (Å²) in [7, 11) is 0. The molecule has 3 aromatic rings. The highest BCUT2D eigenvalue weighted by molar-refractivity contribution is 5.95. The lowest BCUT2D eigenvalue weighted by Crippen LogP contribution is -2.28. The molecule has 4 N–H and O–H groups in total. The number of rotatable bonds is 4. The number of aliphatic hydroxyl groups excluding tert-OH is 2. The van der Waals surface area contributed by atoms with Crippen molar-refractivity contribution >= 4 is 16.9 Å². The van der Waals surface area contributed by atoms with Crippen LogP contribution in [0, 0.1) is 0 Å². The Morgan fingerprint density at radius 2 is 2.00 bits per heavy atom. The minimum atomic E-state index is -0.169. The average molecular weight is 338 g/mol. The first-order valence-corrected chi connectivity index (χ1v) is 8.72. The smallest absolute Gasteiger partial charge is 0.223 e. The Morgan fingerprint density at radius 1 is 1.16 bits per heavy atom. The van der Waals surface area contributed by atoms with E-state index < -0.39 is 0 Å². The highest BCUT2D eigenvalue weighted by Gasteiger charge is 2.20. The minimum absolute atomic E-state index is 0.0185. The summed E-state index contributed by atoms with van der Waals surface area (Å²) in [6, 6.07) is 8.07. The number of nitrogens with zero attached hydrogens (tertiary/aromatic N) is 2. The molecular formula is C19H22N4O2. The number of hydrogen-bond donors (Lipinski definition) is 4. The van der Waals surface area contributed by atoms with E-state index in [9.17, 15) is 10.2 Å². The lowest BCUT2D eigenvalue weighted by atomic mass is 9.93. The van der Waals surface area contributed by atoms with Crippen LogP contribution in [0.5, 0.6) is 0 Å². The first-order chi connectivity index (χ1) is 12.2. The molecule has 0 aliphatic heterocycles. The van der Waals surface area contributed by atoms with Crippen LogP contribution in [-0.2, 0) is 6.61 Å². The SMILES string of the molecule is OCc1ccc2[nH]cc(-c3ccnc(NC4CCC(O)CC4)n3)c2c1. The quantitative estimate of drug-likeness (QED) is 0.587. The Bertz CT molecular complexity index is 869. The summed E-state index contributed by atoms with van der Waals surface area (Å²) in [4.78, 5) is 12.3. The maximum atomic E-state index is 9.63. The molecule has 2 heterocycles. The Hall–Kier alpha value is -2.44. The van der Waals surface area contributed by atoms with Gasteiger partial charge in [0.05, 0.1) is 18.4 Å². The van der Waals surface area contributed by atoms with Gasteiger partial charge in [-0.2, -0.15) is 0 Å². The molecule has 0 unspecified atom stereocenters. The van der Waals surface area contributed by atoms with Crippen LogP contribution < -0.4 is 5.32 Å². The number of fused-ring (bicyclic) bond motifs is 1. The molecule has 1 saturated carbocycles. The van der Waals surface area contributed by atoms with Crippen LogP contribution in [0.2, 0.25) is 0 Å². The zero-order valence-corrected chi connectivity index (χ0v) is 13.9. The molecule has 0 saturated heterocycles. The molecule has 6 heteroatoms. The third-order valence-corrected chi connectivity index (χ3v) is 4.89. The fourth-order valence-electron chi connectivity index (χ4n) is 3.46.